The molecule has 0 aromatic carbocycles. The lowest BCUT2D eigenvalue weighted by Gasteiger charge is -2.11. The van der Waals surface area contributed by atoms with E-state index in [1.54, 1.807) is 6.92 Å². The molecule has 0 aliphatic heterocycles. The fourth-order valence-corrected chi connectivity index (χ4v) is 2.74. The quantitative estimate of drug-likeness (QED) is 0.636. The zero-order valence-corrected chi connectivity index (χ0v) is 14.4. The average molecular weight is 345 g/mol. The monoisotopic (exact) mass is 345 g/mol. The number of pyridine rings is 1. The van der Waals surface area contributed by atoms with Crippen molar-refractivity contribution >= 4 is 16.8 Å². The Kier molecular flexibility index (Phi) is 8.57. The van der Waals surface area contributed by atoms with Gasteiger partial charge in [-0.3, -0.25) is 13.8 Å². The SMILES string of the molecule is CCCOc1c[nH]c(CS(=O)CC(=O)OC(C)COC)cc1=O. The summed E-state index contributed by atoms with van der Waals surface area (Å²) < 4.78 is 27.1. The van der Waals surface area contributed by atoms with E-state index in [0.717, 1.165) is 6.42 Å². The van der Waals surface area contributed by atoms with Gasteiger partial charge in [-0.2, -0.15) is 0 Å². The van der Waals surface area contributed by atoms with Crippen molar-refractivity contribution in [3.8, 4) is 5.75 Å². The van der Waals surface area contributed by atoms with Gasteiger partial charge in [0.25, 0.3) is 0 Å². The second kappa shape index (κ2) is 10.2. The minimum absolute atomic E-state index is 0.0665. The van der Waals surface area contributed by atoms with E-state index in [1.807, 2.05) is 6.92 Å². The van der Waals surface area contributed by atoms with E-state index in [0.29, 0.717) is 12.3 Å². The summed E-state index contributed by atoms with van der Waals surface area (Å²) in [6, 6.07) is 1.34. The number of carbonyl (C=O) groups excluding carboxylic acids is 1. The van der Waals surface area contributed by atoms with Gasteiger partial charge < -0.3 is 19.2 Å². The highest BCUT2D eigenvalue weighted by atomic mass is 32.2. The van der Waals surface area contributed by atoms with Crippen LogP contribution in [0.25, 0.3) is 0 Å². The number of aromatic nitrogens is 1. The number of carbonyl (C=O) groups is 1. The first-order valence-electron chi connectivity index (χ1n) is 7.34. The van der Waals surface area contributed by atoms with Crippen molar-refractivity contribution in [1.29, 1.82) is 0 Å². The molecule has 130 valence electrons. The van der Waals surface area contributed by atoms with E-state index in [4.69, 9.17) is 14.2 Å². The van der Waals surface area contributed by atoms with Crippen molar-refractivity contribution in [3.63, 3.8) is 0 Å². The first-order chi connectivity index (χ1) is 11.0. The predicted molar refractivity (Wildman–Crippen MR) is 87.0 cm³/mol. The number of rotatable bonds is 10. The van der Waals surface area contributed by atoms with Crippen LogP contribution in [0, 0.1) is 0 Å². The van der Waals surface area contributed by atoms with Gasteiger partial charge in [0, 0.05) is 35.9 Å². The smallest absolute Gasteiger partial charge is 0.318 e. The molecule has 8 heteroatoms. The molecule has 1 N–H and O–H groups in total. The van der Waals surface area contributed by atoms with Crippen molar-refractivity contribution in [2.75, 3.05) is 26.1 Å². The second-order valence-corrected chi connectivity index (χ2v) is 6.48. The topological polar surface area (TPSA) is 94.7 Å². The zero-order chi connectivity index (χ0) is 17.2. The minimum Gasteiger partial charge on any atom is -0.488 e. The molecule has 0 fully saturated rings. The maximum atomic E-state index is 12.0. The summed E-state index contributed by atoms with van der Waals surface area (Å²) in [5.74, 6) is -0.492. The summed E-state index contributed by atoms with van der Waals surface area (Å²) in [4.78, 5) is 26.3. The molecule has 0 saturated carbocycles. The van der Waals surface area contributed by atoms with E-state index < -0.39 is 16.8 Å². The van der Waals surface area contributed by atoms with Crippen LogP contribution in [-0.2, 0) is 30.8 Å². The van der Waals surface area contributed by atoms with E-state index in [-0.39, 0.29) is 35.4 Å². The number of methoxy groups -OCH3 is 1. The van der Waals surface area contributed by atoms with E-state index >= 15 is 0 Å². The summed E-state index contributed by atoms with van der Waals surface area (Å²) in [6.45, 7) is 4.37. The van der Waals surface area contributed by atoms with Crippen LogP contribution in [0.15, 0.2) is 17.1 Å². The highest BCUT2D eigenvalue weighted by Crippen LogP contribution is 2.05. The van der Waals surface area contributed by atoms with Gasteiger partial charge >= 0.3 is 5.97 Å². The number of hydrogen-bond donors (Lipinski definition) is 1. The third-order valence-corrected chi connectivity index (χ3v) is 3.92. The van der Waals surface area contributed by atoms with Crippen LogP contribution >= 0.6 is 0 Å². The van der Waals surface area contributed by atoms with Gasteiger partial charge in [0.1, 0.15) is 11.9 Å². The van der Waals surface area contributed by atoms with E-state index in [9.17, 15) is 13.8 Å². The summed E-state index contributed by atoms with van der Waals surface area (Å²) >= 11 is 0. The van der Waals surface area contributed by atoms with Crippen molar-refractivity contribution in [1.82, 2.24) is 4.98 Å². The molecule has 2 atom stereocenters. The number of H-pyrrole nitrogens is 1. The largest absolute Gasteiger partial charge is 0.488 e. The standard InChI is InChI=1S/C15H23NO6S/c1-4-5-21-14-7-16-12(6-13(14)17)9-23(19)10-15(18)22-11(2)8-20-3/h6-7,11H,4-5,8-10H2,1-3H3,(H,16,17). The van der Waals surface area contributed by atoms with Crippen LogP contribution in [0.3, 0.4) is 0 Å². The Morgan fingerprint density at radius 2 is 2.17 bits per heavy atom. The van der Waals surface area contributed by atoms with Gasteiger partial charge in [0.15, 0.2) is 5.75 Å². The lowest BCUT2D eigenvalue weighted by molar-refractivity contribution is -0.147. The van der Waals surface area contributed by atoms with Crippen LogP contribution in [0.4, 0.5) is 0 Å². The molecule has 0 aliphatic carbocycles. The van der Waals surface area contributed by atoms with Crippen LogP contribution in [0.2, 0.25) is 0 Å². The molecule has 7 nitrogen and oxygen atoms in total. The molecule has 1 aromatic heterocycles. The molecule has 0 radical (unpaired) electrons. The molecule has 0 bridgehead atoms. The number of aromatic amines is 1. The minimum atomic E-state index is -1.47. The lowest BCUT2D eigenvalue weighted by Crippen LogP contribution is -2.24. The molecule has 1 rings (SSSR count). The van der Waals surface area contributed by atoms with Crippen LogP contribution in [0.1, 0.15) is 26.0 Å². The molecule has 1 aromatic rings. The van der Waals surface area contributed by atoms with Crippen molar-refractivity contribution in [3.05, 3.63) is 28.2 Å². The van der Waals surface area contributed by atoms with Crippen molar-refractivity contribution < 1.29 is 23.2 Å². The fourth-order valence-electron chi connectivity index (χ4n) is 1.79. The number of ether oxygens (including phenoxy) is 3. The van der Waals surface area contributed by atoms with E-state index in [1.165, 1.54) is 19.4 Å². The average Bonchev–Trinajstić information content (AvgIpc) is 2.46. The first-order valence-corrected chi connectivity index (χ1v) is 8.82. The van der Waals surface area contributed by atoms with Gasteiger partial charge in [-0.05, 0) is 13.3 Å². The molecule has 23 heavy (non-hydrogen) atoms. The van der Waals surface area contributed by atoms with Gasteiger partial charge in [-0.25, -0.2) is 0 Å². The third kappa shape index (κ3) is 7.43. The molecule has 0 saturated heterocycles. The highest BCUT2D eigenvalue weighted by Gasteiger charge is 2.14. The third-order valence-electron chi connectivity index (χ3n) is 2.73. The summed E-state index contributed by atoms with van der Waals surface area (Å²) in [5.41, 5.74) is 0.204. The predicted octanol–water partition coefficient (Wildman–Crippen LogP) is 0.990. The first kappa shape index (κ1) is 19.4. The summed E-state index contributed by atoms with van der Waals surface area (Å²) in [6.07, 6.45) is 1.86. The van der Waals surface area contributed by atoms with Crippen molar-refractivity contribution in [2.24, 2.45) is 0 Å². The zero-order valence-electron chi connectivity index (χ0n) is 13.6. The summed E-state index contributed by atoms with van der Waals surface area (Å²) in [7, 11) is 0.0387. The van der Waals surface area contributed by atoms with Gasteiger partial charge in [-0.15, -0.1) is 0 Å². The second-order valence-electron chi connectivity index (χ2n) is 5.02. The Balaban J connectivity index is 2.52. The fraction of sp³-hybridized carbons (Fsp3) is 0.600. The molecule has 1 heterocycles. The van der Waals surface area contributed by atoms with Crippen molar-refractivity contribution in [2.45, 2.75) is 32.1 Å². The Labute approximate surface area is 137 Å². The van der Waals surface area contributed by atoms with Crippen LogP contribution < -0.4 is 10.2 Å². The molecule has 0 spiro atoms. The van der Waals surface area contributed by atoms with Gasteiger partial charge in [-0.1, -0.05) is 6.92 Å². The van der Waals surface area contributed by atoms with Crippen LogP contribution in [-0.4, -0.2) is 47.3 Å². The Bertz CT molecular complexity index is 586. The molecule has 2 unspecified atom stereocenters. The molecule has 0 aliphatic rings. The van der Waals surface area contributed by atoms with Gasteiger partial charge in [0.2, 0.25) is 5.43 Å². The molecular formula is C15H23NO6S. The lowest BCUT2D eigenvalue weighted by atomic mass is 10.3. The molecular weight excluding hydrogens is 322 g/mol. The van der Waals surface area contributed by atoms with E-state index in [2.05, 4.69) is 4.98 Å². The normalized spacial score (nSPS) is 13.3. The van der Waals surface area contributed by atoms with Gasteiger partial charge in [0.05, 0.1) is 19.0 Å². The Morgan fingerprint density at radius 3 is 2.78 bits per heavy atom. The number of hydrogen-bond acceptors (Lipinski definition) is 6. The number of esters is 1. The molecule has 0 amide bonds. The Morgan fingerprint density at radius 1 is 1.43 bits per heavy atom. The highest BCUT2D eigenvalue weighted by molar-refractivity contribution is 7.84. The maximum absolute atomic E-state index is 12.0. The van der Waals surface area contributed by atoms with Crippen LogP contribution in [0.5, 0.6) is 5.75 Å². The Hall–Kier alpha value is -1.67. The maximum Gasteiger partial charge on any atom is 0.318 e. The summed E-state index contributed by atoms with van der Waals surface area (Å²) in [5, 5.41) is 0. The number of nitrogens with one attached hydrogen (secondary N) is 1.